The van der Waals surface area contributed by atoms with Crippen LogP contribution in [0.15, 0.2) is 22.7 Å². The summed E-state index contributed by atoms with van der Waals surface area (Å²) in [5.41, 5.74) is 1.30. The van der Waals surface area contributed by atoms with Gasteiger partial charge in [0.1, 0.15) is 11.9 Å². The number of rotatable bonds is 2. The molecular formula is C13H14FN3O2. The van der Waals surface area contributed by atoms with Gasteiger partial charge in [-0.1, -0.05) is 5.16 Å². The van der Waals surface area contributed by atoms with Gasteiger partial charge in [-0.25, -0.2) is 4.39 Å². The fourth-order valence-corrected chi connectivity index (χ4v) is 2.00. The molecule has 1 N–H and O–H groups in total. The molecule has 0 bridgehead atoms. The summed E-state index contributed by atoms with van der Waals surface area (Å²) in [6, 6.07) is 4.68. The van der Waals surface area contributed by atoms with Crippen LogP contribution in [0.2, 0.25) is 0 Å². The number of hydrogen-bond donors (Lipinski definition) is 1. The van der Waals surface area contributed by atoms with Crippen molar-refractivity contribution in [2.75, 3.05) is 19.8 Å². The first-order valence-corrected chi connectivity index (χ1v) is 6.15. The summed E-state index contributed by atoms with van der Waals surface area (Å²) in [5, 5.41) is 7.17. The van der Waals surface area contributed by atoms with Crippen molar-refractivity contribution < 1.29 is 13.7 Å². The Labute approximate surface area is 109 Å². The third-order valence-electron chi connectivity index (χ3n) is 3.08. The maximum Gasteiger partial charge on any atom is 0.246 e. The molecule has 1 saturated heterocycles. The maximum atomic E-state index is 13.2. The summed E-state index contributed by atoms with van der Waals surface area (Å²) < 4.78 is 23.8. The summed E-state index contributed by atoms with van der Waals surface area (Å²) in [6.07, 6.45) is 0. The number of hydrogen-bond acceptors (Lipinski definition) is 5. The van der Waals surface area contributed by atoms with Crippen LogP contribution in [0, 0.1) is 12.7 Å². The van der Waals surface area contributed by atoms with Gasteiger partial charge in [0, 0.05) is 12.1 Å². The van der Waals surface area contributed by atoms with Crippen LogP contribution in [0.4, 0.5) is 4.39 Å². The molecule has 1 aromatic heterocycles. The number of morpholine rings is 1. The van der Waals surface area contributed by atoms with Crippen molar-refractivity contribution >= 4 is 0 Å². The van der Waals surface area contributed by atoms with E-state index in [0.717, 1.165) is 12.1 Å². The van der Waals surface area contributed by atoms with Gasteiger partial charge < -0.3 is 14.6 Å². The van der Waals surface area contributed by atoms with E-state index in [-0.39, 0.29) is 11.9 Å². The summed E-state index contributed by atoms with van der Waals surface area (Å²) in [7, 11) is 0. The van der Waals surface area contributed by atoms with Crippen molar-refractivity contribution in [3.05, 3.63) is 35.5 Å². The second kappa shape index (κ2) is 5.07. The monoisotopic (exact) mass is 263 g/mol. The van der Waals surface area contributed by atoms with E-state index in [1.165, 1.54) is 6.07 Å². The molecule has 2 heterocycles. The largest absolute Gasteiger partial charge is 0.378 e. The first-order valence-electron chi connectivity index (χ1n) is 6.15. The van der Waals surface area contributed by atoms with Crippen LogP contribution in [-0.4, -0.2) is 29.9 Å². The highest BCUT2D eigenvalue weighted by molar-refractivity contribution is 5.55. The van der Waals surface area contributed by atoms with Crippen molar-refractivity contribution in [1.82, 2.24) is 15.5 Å². The van der Waals surface area contributed by atoms with E-state index >= 15 is 0 Å². The van der Waals surface area contributed by atoms with Gasteiger partial charge in [0.25, 0.3) is 0 Å². The third kappa shape index (κ3) is 2.50. The molecule has 0 amide bonds. The Morgan fingerprint density at radius 3 is 3.05 bits per heavy atom. The minimum atomic E-state index is -0.241. The fraction of sp³-hybridized carbons (Fsp3) is 0.385. The average molecular weight is 263 g/mol. The zero-order chi connectivity index (χ0) is 13.2. The quantitative estimate of drug-likeness (QED) is 0.896. The number of halogens is 1. The Balaban J connectivity index is 1.85. The molecule has 1 aliphatic rings. The van der Waals surface area contributed by atoms with Crippen LogP contribution in [0.5, 0.6) is 0 Å². The van der Waals surface area contributed by atoms with Crippen LogP contribution in [0.3, 0.4) is 0 Å². The molecule has 5 nitrogen and oxygen atoms in total. The second-order valence-corrected chi connectivity index (χ2v) is 4.50. The van der Waals surface area contributed by atoms with E-state index in [1.54, 1.807) is 19.1 Å². The Bertz CT molecular complexity index is 579. The SMILES string of the molecule is Cc1cc(-c2noc(C3COCCN3)n2)ccc1F. The normalized spacial score (nSPS) is 19.6. The predicted molar refractivity (Wildman–Crippen MR) is 66.0 cm³/mol. The zero-order valence-electron chi connectivity index (χ0n) is 10.5. The van der Waals surface area contributed by atoms with E-state index in [2.05, 4.69) is 15.5 Å². The van der Waals surface area contributed by atoms with Gasteiger partial charge in [-0.15, -0.1) is 0 Å². The molecule has 3 rings (SSSR count). The zero-order valence-corrected chi connectivity index (χ0v) is 10.5. The molecule has 1 unspecified atom stereocenters. The standard InChI is InChI=1S/C13H14FN3O2/c1-8-6-9(2-3-10(8)14)12-16-13(19-17-12)11-7-18-5-4-15-11/h2-3,6,11,15H,4-5,7H2,1H3. The van der Waals surface area contributed by atoms with Crippen molar-refractivity contribution in [1.29, 1.82) is 0 Å². The lowest BCUT2D eigenvalue weighted by molar-refractivity contribution is 0.0659. The number of nitrogens with zero attached hydrogens (tertiary/aromatic N) is 2. The van der Waals surface area contributed by atoms with Crippen LogP contribution in [0.25, 0.3) is 11.4 Å². The number of nitrogens with one attached hydrogen (secondary N) is 1. The highest BCUT2D eigenvalue weighted by Crippen LogP contribution is 2.21. The first kappa shape index (κ1) is 12.3. The summed E-state index contributed by atoms with van der Waals surface area (Å²) in [4.78, 5) is 4.33. The lowest BCUT2D eigenvalue weighted by Crippen LogP contribution is -2.34. The lowest BCUT2D eigenvalue weighted by atomic mass is 10.1. The van der Waals surface area contributed by atoms with Crippen LogP contribution < -0.4 is 5.32 Å². The van der Waals surface area contributed by atoms with Gasteiger partial charge >= 0.3 is 0 Å². The van der Waals surface area contributed by atoms with E-state index in [0.29, 0.717) is 30.5 Å². The molecule has 100 valence electrons. The van der Waals surface area contributed by atoms with Crippen molar-refractivity contribution in [3.8, 4) is 11.4 Å². The average Bonchev–Trinajstić information content (AvgIpc) is 2.93. The smallest absolute Gasteiger partial charge is 0.246 e. The Hall–Kier alpha value is -1.79. The van der Waals surface area contributed by atoms with Crippen LogP contribution in [-0.2, 0) is 4.74 Å². The molecular weight excluding hydrogens is 249 g/mol. The maximum absolute atomic E-state index is 13.2. The fourth-order valence-electron chi connectivity index (χ4n) is 2.00. The second-order valence-electron chi connectivity index (χ2n) is 4.50. The van der Waals surface area contributed by atoms with E-state index in [9.17, 15) is 4.39 Å². The molecule has 19 heavy (non-hydrogen) atoms. The first-order chi connectivity index (χ1) is 9.24. The topological polar surface area (TPSA) is 60.2 Å². The predicted octanol–water partition coefficient (Wildman–Crippen LogP) is 1.85. The molecule has 1 aliphatic heterocycles. The Morgan fingerprint density at radius 1 is 1.42 bits per heavy atom. The van der Waals surface area contributed by atoms with Crippen molar-refractivity contribution in [2.45, 2.75) is 13.0 Å². The highest BCUT2D eigenvalue weighted by Gasteiger charge is 2.22. The number of aryl methyl sites for hydroxylation is 1. The molecule has 0 aliphatic carbocycles. The highest BCUT2D eigenvalue weighted by atomic mass is 19.1. The number of benzene rings is 1. The molecule has 1 fully saturated rings. The van der Waals surface area contributed by atoms with Gasteiger partial charge in [-0.2, -0.15) is 4.98 Å². The van der Waals surface area contributed by atoms with Gasteiger partial charge in [-0.05, 0) is 30.7 Å². The Morgan fingerprint density at radius 2 is 2.32 bits per heavy atom. The third-order valence-corrected chi connectivity index (χ3v) is 3.08. The molecule has 1 aromatic carbocycles. The minimum absolute atomic E-state index is 0.0726. The molecule has 6 heteroatoms. The van der Waals surface area contributed by atoms with Crippen LogP contribution in [0.1, 0.15) is 17.5 Å². The van der Waals surface area contributed by atoms with E-state index in [1.807, 2.05) is 0 Å². The Kier molecular flexibility index (Phi) is 3.27. The summed E-state index contributed by atoms with van der Waals surface area (Å²) in [5.74, 6) is 0.719. The lowest BCUT2D eigenvalue weighted by Gasteiger charge is -2.20. The van der Waals surface area contributed by atoms with Gasteiger partial charge in [-0.3, -0.25) is 0 Å². The molecule has 0 radical (unpaired) electrons. The molecule has 2 aromatic rings. The van der Waals surface area contributed by atoms with Crippen molar-refractivity contribution in [3.63, 3.8) is 0 Å². The molecule has 0 spiro atoms. The summed E-state index contributed by atoms with van der Waals surface area (Å²) in [6.45, 7) is 3.67. The summed E-state index contributed by atoms with van der Waals surface area (Å²) >= 11 is 0. The van der Waals surface area contributed by atoms with E-state index < -0.39 is 0 Å². The van der Waals surface area contributed by atoms with Gasteiger partial charge in [0.2, 0.25) is 11.7 Å². The number of ether oxygens (including phenoxy) is 1. The van der Waals surface area contributed by atoms with Gasteiger partial charge in [0.05, 0.1) is 13.2 Å². The molecule has 0 saturated carbocycles. The van der Waals surface area contributed by atoms with Gasteiger partial charge in [0.15, 0.2) is 0 Å². The minimum Gasteiger partial charge on any atom is -0.378 e. The molecule has 1 atom stereocenters. The number of aromatic nitrogens is 2. The van der Waals surface area contributed by atoms with Crippen molar-refractivity contribution in [2.24, 2.45) is 0 Å². The van der Waals surface area contributed by atoms with E-state index in [4.69, 9.17) is 9.26 Å². The van der Waals surface area contributed by atoms with Crippen LogP contribution >= 0.6 is 0 Å².